The van der Waals surface area contributed by atoms with Gasteiger partial charge in [-0.15, -0.1) is 0 Å². The summed E-state index contributed by atoms with van der Waals surface area (Å²) in [7, 11) is 0. The van der Waals surface area contributed by atoms with Crippen molar-refractivity contribution in [3.8, 4) is 0 Å². The molecular formula is C8H12F5NO2. The zero-order valence-corrected chi connectivity index (χ0v) is 8.44. The summed E-state index contributed by atoms with van der Waals surface area (Å²) in [5.41, 5.74) is 0. The molecule has 0 spiro atoms. The normalized spacial score (nSPS) is 14.7. The molecule has 0 aromatic carbocycles. The third kappa shape index (κ3) is 3.58. The van der Waals surface area contributed by atoms with Crippen molar-refractivity contribution in [2.45, 2.75) is 37.9 Å². The Morgan fingerprint density at radius 1 is 1.31 bits per heavy atom. The van der Waals surface area contributed by atoms with Gasteiger partial charge in [0.2, 0.25) is 0 Å². The summed E-state index contributed by atoms with van der Waals surface area (Å²) in [5, 5.41) is 10.0. The Balaban J connectivity index is 4.56. The molecule has 1 atom stereocenters. The van der Waals surface area contributed by atoms with Gasteiger partial charge in [0.15, 0.2) is 0 Å². The summed E-state index contributed by atoms with van der Waals surface area (Å²) in [6.07, 6.45) is -5.83. The topological polar surface area (TPSA) is 49.3 Å². The van der Waals surface area contributed by atoms with Crippen molar-refractivity contribution < 1.29 is 31.9 Å². The van der Waals surface area contributed by atoms with Crippen LogP contribution >= 0.6 is 0 Å². The number of carbonyl (C=O) groups is 1. The van der Waals surface area contributed by atoms with Crippen LogP contribution in [-0.4, -0.2) is 35.8 Å². The second kappa shape index (κ2) is 5.42. The lowest BCUT2D eigenvalue weighted by Crippen LogP contribution is -2.53. The minimum Gasteiger partial charge on any atom is -0.396 e. The fourth-order valence-electron chi connectivity index (χ4n) is 0.939. The van der Waals surface area contributed by atoms with Crippen LogP contribution in [-0.2, 0) is 4.79 Å². The van der Waals surface area contributed by atoms with E-state index in [1.165, 1.54) is 6.92 Å². The van der Waals surface area contributed by atoms with E-state index < -0.39 is 30.7 Å². The highest BCUT2D eigenvalue weighted by atomic mass is 19.4. The smallest absolute Gasteiger partial charge is 0.396 e. The van der Waals surface area contributed by atoms with Gasteiger partial charge in [-0.05, 0) is 12.8 Å². The number of aliphatic hydroxyl groups excluding tert-OH is 1. The highest BCUT2D eigenvalue weighted by molar-refractivity contribution is 5.84. The molecule has 0 aromatic rings. The number of amides is 1. The summed E-state index contributed by atoms with van der Waals surface area (Å²) < 4.78 is 60.2. The van der Waals surface area contributed by atoms with E-state index >= 15 is 0 Å². The first-order chi connectivity index (χ1) is 7.16. The van der Waals surface area contributed by atoms with Gasteiger partial charge in [0.1, 0.15) is 0 Å². The minimum absolute atomic E-state index is 0.0732. The average molecular weight is 249 g/mol. The van der Waals surface area contributed by atoms with Crippen LogP contribution in [0.5, 0.6) is 0 Å². The van der Waals surface area contributed by atoms with Crippen molar-refractivity contribution in [3.05, 3.63) is 0 Å². The summed E-state index contributed by atoms with van der Waals surface area (Å²) >= 11 is 0. The molecule has 0 aliphatic rings. The average Bonchev–Trinajstić information content (AvgIpc) is 2.15. The lowest BCUT2D eigenvalue weighted by molar-refractivity contribution is -0.270. The highest BCUT2D eigenvalue weighted by Crippen LogP contribution is 2.35. The first-order valence-electron chi connectivity index (χ1n) is 4.53. The quantitative estimate of drug-likeness (QED) is 0.725. The van der Waals surface area contributed by atoms with Crippen LogP contribution in [0.3, 0.4) is 0 Å². The molecule has 96 valence electrons. The van der Waals surface area contributed by atoms with Gasteiger partial charge >= 0.3 is 18.0 Å². The number of alkyl halides is 5. The van der Waals surface area contributed by atoms with Crippen LogP contribution in [0, 0.1) is 0 Å². The van der Waals surface area contributed by atoms with Crippen molar-refractivity contribution in [1.82, 2.24) is 5.32 Å². The Labute approximate surface area is 88.6 Å². The fourth-order valence-corrected chi connectivity index (χ4v) is 0.939. The van der Waals surface area contributed by atoms with Gasteiger partial charge in [0, 0.05) is 12.6 Å². The monoisotopic (exact) mass is 249 g/mol. The Kier molecular flexibility index (Phi) is 5.11. The largest absolute Gasteiger partial charge is 0.463 e. The molecule has 0 fully saturated rings. The van der Waals surface area contributed by atoms with Crippen molar-refractivity contribution >= 4 is 5.91 Å². The van der Waals surface area contributed by atoms with E-state index in [0.717, 1.165) is 0 Å². The van der Waals surface area contributed by atoms with E-state index in [1.807, 2.05) is 0 Å². The number of hydrogen-bond acceptors (Lipinski definition) is 2. The molecule has 0 aliphatic heterocycles. The fraction of sp³-hybridized carbons (Fsp3) is 0.875. The maximum absolute atomic E-state index is 12.5. The molecule has 0 heterocycles. The van der Waals surface area contributed by atoms with Gasteiger partial charge in [-0.2, -0.15) is 22.0 Å². The van der Waals surface area contributed by atoms with Crippen LogP contribution in [0.15, 0.2) is 0 Å². The van der Waals surface area contributed by atoms with Gasteiger partial charge in [0.05, 0.1) is 0 Å². The van der Waals surface area contributed by atoms with Gasteiger partial charge in [-0.3, -0.25) is 4.79 Å². The Hall–Kier alpha value is -0.920. The molecule has 0 bridgehead atoms. The minimum atomic E-state index is -5.91. The zero-order valence-electron chi connectivity index (χ0n) is 8.44. The van der Waals surface area contributed by atoms with Crippen LogP contribution in [0.4, 0.5) is 22.0 Å². The number of aliphatic hydroxyl groups is 1. The molecule has 0 saturated heterocycles. The zero-order chi connectivity index (χ0) is 13.0. The van der Waals surface area contributed by atoms with Crippen molar-refractivity contribution in [2.24, 2.45) is 0 Å². The number of carbonyl (C=O) groups excluding carboxylic acids is 1. The molecule has 0 radical (unpaired) electrons. The van der Waals surface area contributed by atoms with E-state index in [0.29, 0.717) is 0 Å². The van der Waals surface area contributed by atoms with Crippen molar-refractivity contribution in [1.29, 1.82) is 0 Å². The van der Waals surface area contributed by atoms with E-state index in [9.17, 15) is 26.7 Å². The van der Waals surface area contributed by atoms with E-state index in [4.69, 9.17) is 5.11 Å². The Bertz CT molecular complexity index is 241. The Morgan fingerprint density at radius 2 is 1.81 bits per heavy atom. The molecule has 1 unspecified atom stereocenters. The standard InChI is InChI=1S/C8H12F5NO2/c1-2-5(3-4-15)14-6(16)7(9,10)8(11,12)13/h5,15H,2-4H2,1H3,(H,14,16). The maximum atomic E-state index is 12.5. The van der Waals surface area contributed by atoms with Crippen LogP contribution in [0.2, 0.25) is 0 Å². The van der Waals surface area contributed by atoms with Crippen LogP contribution in [0.25, 0.3) is 0 Å². The van der Waals surface area contributed by atoms with Crippen molar-refractivity contribution in [3.63, 3.8) is 0 Å². The summed E-state index contributed by atoms with van der Waals surface area (Å²) in [4.78, 5) is 10.7. The first-order valence-corrected chi connectivity index (χ1v) is 4.53. The third-order valence-corrected chi connectivity index (χ3v) is 1.95. The number of hydrogen-bond donors (Lipinski definition) is 2. The predicted molar refractivity (Wildman–Crippen MR) is 44.9 cm³/mol. The number of rotatable bonds is 5. The number of nitrogens with one attached hydrogen (secondary N) is 1. The van der Waals surface area contributed by atoms with E-state index in [1.54, 1.807) is 5.32 Å². The number of halogens is 5. The molecule has 0 saturated carbocycles. The molecular weight excluding hydrogens is 237 g/mol. The Morgan fingerprint density at radius 3 is 2.12 bits per heavy atom. The van der Waals surface area contributed by atoms with Crippen molar-refractivity contribution in [2.75, 3.05) is 6.61 Å². The maximum Gasteiger partial charge on any atom is 0.463 e. The van der Waals surface area contributed by atoms with Gasteiger partial charge in [-0.25, -0.2) is 0 Å². The molecule has 3 nitrogen and oxygen atoms in total. The third-order valence-electron chi connectivity index (χ3n) is 1.95. The van der Waals surface area contributed by atoms with Gasteiger partial charge in [0.25, 0.3) is 0 Å². The predicted octanol–water partition coefficient (Wildman–Crippen LogP) is 1.46. The van der Waals surface area contributed by atoms with Crippen LogP contribution in [0.1, 0.15) is 19.8 Å². The van der Waals surface area contributed by atoms with Gasteiger partial charge in [-0.1, -0.05) is 6.92 Å². The van der Waals surface area contributed by atoms with E-state index in [2.05, 4.69) is 0 Å². The SMILES string of the molecule is CCC(CCO)NC(=O)C(F)(F)C(F)(F)F. The lowest BCUT2D eigenvalue weighted by atomic mass is 10.1. The molecule has 1 amide bonds. The molecule has 0 rings (SSSR count). The summed E-state index contributed by atoms with van der Waals surface area (Å²) in [6.45, 7) is 1.09. The lowest BCUT2D eigenvalue weighted by Gasteiger charge is -2.22. The second-order valence-corrected chi connectivity index (χ2v) is 3.16. The first kappa shape index (κ1) is 15.1. The molecule has 16 heavy (non-hydrogen) atoms. The highest BCUT2D eigenvalue weighted by Gasteiger charge is 2.63. The summed E-state index contributed by atoms with van der Waals surface area (Å²) in [6, 6.07) is -0.897. The summed E-state index contributed by atoms with van der Waals surface area (Å²) in [5.74, 6) is -7.80. The second-order valence-electron chi connectivity index (χ2n) is 3.16. The van der Waals surface area contributed by atoms with Gasteiger partial charge < -0.3 is 10.4 Å². The molecule has 0 aromatic heterocycles. The molecule has 0 aliphatic carbocycles. The van der Waals surface area contributed by atoms with E-state index in [-0.39, 0.29) is 12.8 Å². The molecule has 8 heteroatoms. The molecule has 2 N–H and O–H groups in total. The van der Waals surface area contributed by atoms with Crippen LogP contribution < -0.4 is 5.32 Å².